The quantitative estimate of drug-likeness (QED) is 0.418. The Kier molecular flexibility index (Phi) is 7.49. The first kappa shape index (κ1) is 20.3. The molecule has 0 bridgehead atoms. The van der Waals surface area contributed by atoms with E-state index in [0.717, 1.165) is 25.2 Å². The average Bonchev–Trinajstić information content (AvgIpc) is 2.65. The molecule has 2 heterocycles. The van der Waals surface area contributed by atoms with Gasteiger partial charge in [-0.05, 0) is 36.2 Å². The molecule has 26 heavy (non-hydrogen) atoms. The zero-order chi connectivity index (χ0) is 17.6. The summed E-state index contributed by atoms with van der Waals surface area (Å²) in [7, 11) is 0. The molecule has 0 atom stereocenters. The molecule has 0 radical (unpaired) electrons. The molecule has 0 unspecified atom stereocenters. The lowest BCUT2D eigenvalue weighted by atomic mass is 10.1. The maximum absolute atomic E-state index is 13.6. The molecule has 140 valence electrons. The van der Waals surface area contributed by atoms with E-state index in [0.29, 0.717) is 43.5 Å². The lowest BCUT2D eigenvalue weighted by Gasteiger charge is -2.35. The fourth-order valence-electron chi connectivity index (χ4n) is 2.72. The molecule has 0 saturated carbocycles. The number of nitrogens with two attached hydrogens (primary N) is 1. The van der Waals surface area contributed by atoms with Crippen LogP contribution in [0.5, 0.6) is 0 Å². The predicted molar refractivity (Wildman–Crippen MR) is 108 cm³/mol. The average molecular weight is 474 g/mol. The Balaban J connectivity index is 0.00000243. The predicted octanol–water partition coefficient (Wildman–Crippen LogP) is 2.05. The molecular formula is C17H21F2IN6. The van der Waals surface area contributed by atoms with Crippen molar-refractivity contribution in [3.8, 4) is 0 Å². The number of aliphatic imine (C=N–C) groups is 1. The number of guanidine groups is 1. The minimum absolute atomic E-state index is 0. The highest BCUT2D eigenvalue weighted by Crippen LogP contribution is 2.11. The Labute approximate surface area is 168 Å². The molecule has 2 N–H and O–H groups in total. The third kappa shape index (κ3) is 5.23. The summed E-state index contributed by atoms with van der Waals surface area (Å²) in [5.74, 6) is 0.254. The van der Waals surface area contributed by atoms with Gasteiger partial charge in [0.15, 0.2) is 5.96 Å². The molecule has 0 amide bonds. The topological polar surface area (TPSA) is 70.6 Å². The maximum atomic E-state index is 13.6. The van der Waals surface area contributed by atoms with Crippen molar-refractivity contribution in [2.75, 3.05) is 37.6 Å². The number of anilines is 1. The molecule has 6 nitrogen and oxygen atoms in total. The van der Waals surface area contributed by atoms with Crippen LogP contribution in [0.25, 0.3) is 0 Å². The van der Waals surface area contributed by atoms with E-state index in [9.17, 15) is 8.78 Å². The number of benzene rings is 1. The Morgan fingerprint density at radius 1 is 1.12 bits per heavy atom. The molecule has 9 heteroatoms. The fourth-order valence-corrected chi connectivity index (χ4v) is 2.72. The van der Waals surface area contributed by atoms with Gasteiger partial charge in [0.05, 0.1) is 0 Å². The highest BCUT2D eigenvalue weighted by Gasteiger charge is 2.19. The van der Waals surface area contributed by atoms with Crippen LogP contribution in [-0.2, 0) is 6.42 Å². The fraction of sp³-hybridized carbons (Fsp3) is 0.353. The molecule has 1 saturated heterocycles. The van der Waals surface area contributed by atoms with E-state index in [4.69, 9.17) is 5.73 Å². The third-order valence-corrected chi connectivity index (χ3v) is 4.10. The van der Waals surface area contributed by atoms with Gasteiger partial charge >= 0.3 is 0 Å². The van der Waals surface area contributed by atoms with Crippen molar-refractivity contribution in [2.45, 2.75) is 6.42 Å². The zero-order valence-electron chi connectivity index (χ0n) is 14.2. The highest BCUT2D eigenvalue weighted by atomic mass is 127. The second-order valence-electron chi connectivity index (χ2n) is 5.75. The van der Waals surface area contributed by atoms with Gasteiger partial charge in [-0.1, -0.05) is 0 Å². The van der Waals surface area contributed by atoms with Crippen molar-refractivity contribution in [1.82, 2.24) is 14.9 Å². The van der Waals surface area contributed by atoms with Crippen molar-refractivity contribution in [3.63, 3.8) is 0 Å². The summed E-state index contributed by atoms with van der Waals surface area (Å²) in [5, 5.41) is 0. The summed E-state index contributed by atoms with van der Waals surface area (Å²) in [5.41, 5.74) is 6.33. The van der Waals surface area contributed by atoms with Crippen LogP contribution in [0.15, 0.2) is 41.7 Å². The summed E-state index contributed by atoms with van der Waals surface area (Å²) >= 11 is 0. The number of hydrogen-bond donors (Lipinski definition) is 1. The van der Waals surface area contributed by atoms with Gasteiger partial charge < -0.3 is 15.5 Å². The number of nitrogens with zero attached hydrogens (tertiary/aromatic N) is 5. The minimum Gasteiger partial charge on any atom is -0.370 e. The Morgan fingerprint density at radius 3 is 2.50 bits per heavy atom. The summed E-state index contributed by atoms with van der Waals surface area (Å²) in [6, 6.07) is 5.21. The van der Waals surface area contributed by atoms with Crippen LogP contribution in [-0.4, -0.2) is 53.6 Å². The molecule has 1 aromatic carbocycles. The first-order valence-corrected chi connectivity index (χ1v) is 8.14. The standard InChI is InChI=1S/C17H20F2N6.HI/c18-14-2-3-15(19)13(12-14)4-7-21-16(20)24-8-10-25(11-9-24)17-22-5-1-6-23-17;/h1-3,5-6,12H,4,7-11H2,(H2,20,21);1H. The number of halogens is 3. The minimum atomic E-state index is -0.451. The van der Waals surface area contributed by atoms with Crippen molar-refractivity contribution in [3.05, 3.63) is 53.9 Å². The molecule has 1 aliphatic rings. The smallest absolute Gasteiger partial charge is 0.225 e. The molecule has 1 aromatic heterocycles. The van der Waals surface area contributed by atoms with E-state index in [1.165, 1.54) is 6.07 Å². The summed E-state index contributed by atoms with van der Waals surface area (Å²) < 4.78 is 26.7. The van der Waals surface area contributed by atoms with E-state index in [2.05, 4.69) is 19.9 Å². The van der Waals surface area contributed by atoms with Crippen LogP contribution >= 0.6 is 24.0 Å². The summed E-state index contributed by atoms with van der Waals surface area (Å²) in [4.78, 5) is 16.8. The van der Waals surface area contributed by atoms with Crippen LogP contribution in [0.2, 0.25) is 0 Å². The molecule has 0 spiro atoms. The van der Waals surface area contributed by atoms with Gasteiger partial charge in [0, 0.05) is 45.1 Å². The van der Waals surface area contributed by atoms with Gasteiger partial charge in [-0.2, -0.15) is 0 Å². The lowest BCUT2D eigenvalue weighted by Crippen LogP contribution is -2.51. The lowest BCUT2D eigenvalue weighted by molar-refractivity contribution is 0.378. The first-order chi connectivity index (χ1) is 12.1. The van der Waals surface area contributed by atoms with E-state index in [1.54, 1.807) is 18.5 Å². The zero-order valence-corrected chi connectivity index (χ0v) is 16.5. The van der Waals surface area contributed by atoms with Crippen LogP contribution < -0.4 is 10.6 Å². The van der Waals surface area contributed by atoms with E-state index in [1.807, 2.05) is 4.90 Å². The van der Waals surface area contributed by atoms with Crippen LogP contribution in [0.4, 0.5) is 14.7 Å². The second kappa shape index (κ2) is 9.60. The Bertz CT molecular complexity index is 735. The summed E-state index contributed by atoms with van der Waals surface area (Å²) in [6.45, 7) is 3.23. The Hall–Kier alpha value is -2.04. The van der Waals surface area contributed by atoms with E-state index < -0.39 is 11.6 Å². The van der Waals surface area contributed by atoms with E-state index in [-0.39, 0.29) is 24.0 Å². The van der Waals surface area contributed by atoms with Crippen molar-refractivity contribution in [2.24, 2.45) is 10.7 Å². The molecule has 2 aromatic rings. The largest absolute Gasteiger partial charge is 0.370 e. The van der Waals surface area contributed by atoms with Gasteiger partial charge in [0.1, 0.15) is 11.6 Å². The number of hydrogen-bond acceptors (Lipinski definition) is 4. The maximum Gasteiger partial charge on any atom is 0.225 e. The van der Waals surface area contributed by atoms with Crippen LogP contribution in [0, 0.1) is 11.6 Å². The summed E-state index contributed by atoms with van der Waals surface area (Å²) in [6.07, 6.45) is 3.74. The first-order valence-electron chi connectivity index (χ1n) is 8.14. The van der Waals surface area contributed by atoms with Crippen molar-refractivity contribution >= 4 is 35.9 Å². The second-order valence-corrected chi connectivity index (χ2v) is 5.75. The van der Waals surface area contributed by atoms with Crippen molar-refractivity contribution in [1.29, 1.82) is 0 Å². The third-order valence-electron chi connectivity index (χ3n) is 4.10. The van der Waals surface area contributed by atoms with Gasteiger partial charge in [0.2, 0.25) is 5.95 Å². The number of aromatic nitrogens is 2. The monoisotopic (exact) mass is 474 g/mol. The molecule has 3 rings (SSSR count). The van der Waals surface area contributed by atoms with Gasteiger partial charge in [0.25, 0.3) is 0 Å². The molecule has 1 aliphatic heterocycles. The molecule has 0 aliphatic carbocycles. The van der Waals surface area contributed by atoms with Crippen LogP contribution in [0.1, 0.15) is 5.56 Å². The molecular weight excluding hydrogens is 453 g/mol. The number of piperazine rings is 1. The van der Waals surface area contributed by atoms with Gasteiger partial charge in [-0.15, -0.1) is 24.0 Å². The SMILES string of the molecule is I.NC(=NCCc1cc(F)ccc1F)N1CCN(c2ncccn2)CC1. The van der Waals surface area contributed by atoms with Gasteiger partial charge in [-0.3, -0.25) is 4.99 Å². The molecule has 1 fully saturated rings. The highest BCUT2D eigenvalue weighted by molar-refractivity contribution is 14.0. The number of rotatable bonds is 4. The van der Waals surface area contributed by atoms with Gasteiger partial charge in [-0.25, -0.2) is 18.7 Å². The Morgan fingerprint density at radius 2 is 1.81 bits per heavy atom. The van der Waals surface area contributed by atoms with E-state index >= 15 is 0 Å². The van der Waals surface area contributed by atoms with Crippen molar-refractivity contribution < 1.29 is 8.78 Å². The van der Waals surface area contributed by atoms with Crippen LogP contribution in [0.3, 0.4) is 0 Å². The normalized spacial score (nSPS) is 14.9.